The highest BCUT2D eigenvalue weighted by Gasteiger charge is 2.19. The van der Waals surface area contributed by atoms with Crippen LogP contribution in [0.2, 0.25) is 0 Å². The number of ketones is 1. The summed E-state index contributed by atoms with van der Waals surface area (Å²) in [6.07, 6.45) is 1.99. The molecule has 0 radical (unpaired) electrons. The predicted molar refractivity (Wildman–Crippen MR) is 55.1 cm³/mol. The molecule has 1 rings (SSSR count). The van der Waals surface area contributed by atoms with Gasteiger partial charge >= 0.3 is 0 Å². The zero-order valence-electron chi connectivity index (χ0n) is 8.95. The van der Waals surface area contributed by atoms with Crippen LogP contribution in [-0.2, 0) is 6.54 Å². The van der Waals surface area contributed by atoms with E-state index in [1.165, 1.54) is 0 Å². The summed E-state index contributed by atoms with van der Waals surface area (Å²) in [6, 6.07) is 1.73. The summed E-state index contributed by atoms with van der Waals surface area (Å²) in [4.78, 5) is 11.8. The molecule has 4 nitrogen and oxygen atoms in total. The molecule has 0 amide bonds. The minimum Gasteiger partial charge on any atom is -0.325 e. The maximum atomic E-state index is 11.8. The summed E-state index contributed by atoms with van der Waals surface area (Å²) in [5, 5.41) is 4.04. The minimum atomic E-state index is -0.458. The second-order valence-corrected chi connectivity index (χ2v) is 4.12. The first-order chi connectivity index (χ1) is 6.44. The number of carbonyl (C=O) groups is 1. The average molecular weight is 195 g/mol. The predicted octanol–water partition coefficient (Wildman–Crippen LogP) is 1.21. The minimum absolute atomic E-state index is 0.0526. The Morgan fingerprint density at radius 3 is 2.79 bits per heavy atom. The highest BCUT2D eigenvalue weighted by atomic mass is 16.1. The molecular formula is C10H17N3O. The van der Waals surface area contributed by atoms with E-state index in [9.17, 15) is 4.79 Å². The molecule has 78 valence electrons. The quantitative estimate of drug-likeness (QED) is 0.735. The fourth-order valence-electron chi connectivity index (χ4n) is 1.33. The molecule has 0 fully saturated rings. The van der Waals surface area contributed by atoms with E-state index < -0.39 is 5.54 Å². The van der Waals surface area contributed by atoms with Gasteiger partial charge in [0, 0.05) is 24.7 Å². The third-order valence-electron chi connectivity index (χ3n) is 1.92. The van der Waals surface area contributed by atoms with Gasteiger partial charge in [-0.2, -0.15) is 5.10 Å². The lowest BCUT2D eigenvalue weighted by atomic mass is 9.98. The third kappa shape index (κ3) is 2.67. The van der Waals surface area contributed by atoms with Gasteiger partial charge in [0.05, 0.1) is 0 Å². The molecule has 0 aliphatic carbocycles. The largest absolute Gasteiger partial charge is 0.325 e. The van der Waals surface area contributed by atoms with Crippen molar-refractivity contribution in [3.63, 3.8) is 0 Å². The first kappa shape index (κ1) is 10.9. The SMILES string of the molecule is CCn1nccc1C(=O)CC(C)(C)N. The number of aromatic nitrogens is 2. The molecule has 0 atom stereocenters. The topological polar surface area (TPSA) is 60.9 Å². The Morgan fingerprint density at radius 1 is 1.64 bits per heavy atom. The second kappa shape index (κ2) is 3.92. The van der Waals surface area contributed by atoms with Crippen LogP contribution >= 0.6 is 0 Å². The fourth-order valence-corrected chi connectivity index (χ4v) is 1.33. The lowest BCUT2D eigenvalue weighted by molar-refractivity contribution is 0.0950. The van der Waals surface area contributed by atoms with E-state index in [0.717, 1.165) is 0 Å². The van der Waals surface area contributed by atoms with Gasteiger partial charge in [0.2, 0.25) is 0 Å². The Balaban J connectivity index is 2.80. The molecule has 0 saturated heterocycles. The summed E-state index contributed by atoms with van der Waals surface area (Å²) in [5.74, 6) is 0.0526. The molecule has 0 saturated carbocycles. The Morgan fingerprint density at radius 2 is 2.29 bits per heavy atom. The molecule has 4 heteroatoms. The molecule has 0 aliphatic rings. The van der Waals surface area contributed by atoms with Crippen LogP contribution in [0.25, 0.3) is 0 Å². The van der Waals surface area contributed by atoms with E-state index in [4.69, 9.17) is 5.73 Å². The molecule has 0 aliphatic heterocycles. The molecule has 0 spiro atoms. The van der Waals surface area contributed by atoms with E-state index in [1.807, 2.05) is 20.8 Å². The van der Waals surface area contributed by atoms with Gasteiger partial charge in [0.25, 0.3) is 0 Å². The number of hydrogen-bond donors (Lipinski definition) is 1. The standard InChI is InChI=1S/C10H17N3O/c1-4-13-8(5-6-12-13)9(14)7-10(2,3)11/h5-6H,4,7,11H2,1-3H3. The maximum absolute atomic E-state index is 11.8. The van der Waals surface area contributed by atoms with Crippen molar-refractivity contribution in [2.45, 2.75) is 39.3 Å². The van der Waals surface area contributed by atoms with E-state index in [2.05, 4.69) is 5.10 Å². The lowest BCUT2D eigenvalue weighted by Crippen LogP contribution is -2.35. The van der Waals surface area contributed by atoms with Crippen LogP contribution < -0.4 is 5.73 Å². The highest BCUT2D eigenvalue weighted by Crippen LogP contribution is 2.10. The van der Waals surface area contributed by atoms with Crippen LogP contribution in [-0.4, -0.2) is 21.1 Å². The van der Waals surface area contributed by atoms with Crippen LogP contribution in [0.4, 0.5) is 0 Å². The highest BCUT2D eigenvalue weighted by molar-refractivity contribution is 5.95. The first-order valence-corrected chi connectivity index (χ1v) is 4.78. The Bertz CT molecular complexity index is 322. The number of nitrogens with two attached hydrogens (primary N) is 1. The maximum Gasteiger partial charge on any atom is 0.182 e. The van der Waals surface area contributed by atoms with Crippen molar-refractivity contribution in [3.8, 4) is 0 Å². The van der Waals surface area contributed by atoms with Crippen LogP contribution in [0.3, 0.4) is 0 Å². The summed E-state index contributed by atoms with van der Waals surface area (Å²) in [6.45, 7) is 6.35. The molecule has 1 aromatic heterocycles. The molecule has 1 heterocycles. The van der Waals surface area contributed by atoms with Gasteiger partial charge < -0.3 is 5.73 Å². The van der Waals surface area contributed by atoms with Gasteiger partial charge in [0.1, 0.15) is 5.69 Å². The third-order valence-corrected chi connectivity index (χ3v) is 1.92. The number of hydrogen-bond acceptors (Lipinski definition) is 3. The number of nitrogens with zero attached hydrogens (tertiary/aromatic N) is 2. The molecule has 0 unspecified atom stereocenters. The van der Waals surface area contributed by atoms with Gasteiger partial charge in [-0.3, -0.25) is 9.48 Å². The van der Waals surface area contributed by atoms with Gasteiger partial charge in [-0.05, 0) is 26.8 Å². The molecular weight excluding hydrogens is 178 g/mol. The van der Waals surface area contributed by atoms with Gasteiger partial charge in [-0.1, -0.05) is 0 Å². The van der Waals surface area contributed by atoms with Crippen LogP contribution in [0, 0.1) is 0 Å². The number of aryl methyl sites for hydroxylation is 1. The van der Waals surface area contributed by atoms with Crippen molar-refractivity contribution in [2.24, 2.45) is 5.73 Å². The van der Waals surface area contributed by atoms with Crippen LogP contribution in [0.1, 0.15) is 37.7 Å². The molecule has 14 heavy (non-hydrogen) atoms. The van der Waals surface area contributed by atoms with Crippen molar-refractivity contribution >= 4 is 5.78 Å². The second-order valence-electron chi connectivity index (χ2n) is 4.12. The molecule has 1 aromatic rings. The molecule has 0 aromatic carbocycles. The number of carbonyl (C=O) groups excluding carboxylic acids is 1. The van der Waals surface area contributed by atoms with E-state index in [1.54, 1.807) is 16.9 Å². The van der Waals surface area contributed by atoms with Crippen molar-refractivity contribution in [2.75, 3.05) is 0 Å². The van der Waals surface area contributed by atoms with Crippen molar-refractivity contribution in [1.29, 1.82) is 0 Å². The van der Waals surface area contributed by atoms with E-state index >= 15 is 0 Å². The lowest BCUT2D eigenvalue weighted by Gasteiger charge is -2.17. The van der Waals surface area contributed by atoms with Crippen LogP contribution in [0.15, 0.2) is 12.3 Å². The summed E-state index contributed by atoms with van der Waals surface area (Å²) < 4.78 is 1.69. The summed E-state index contributed by atoms with van der Waals surface area (Å²) in [5.41, 5.74) is 5.97. The Hall–Kier alpha value is -1.16. The smallest absolute Gasteiger partial charge is 0.182 e. The molecule has 2 N–H and O–H groups in total. The molecule has 0 bridgehead atoms. The zero-order chi connectivity index (χ0) is 10.8. The summed E-state index contributed by atoms with van der Waals surface area (Å²) in [7, 11) is 0. The number of rotatable bonds is 4. The normalized spacial score (nSPS) is 11.7. The van der Waals surface area contributed by atoms with Crippen molar-refractivity contribution < 1.29 is 4.79 Å². The van der Waals surface area contributed by atoms with Gasteiger partial charge in [-0.15, -0.1) is 0 Å². The monoisotopic (exact) mass is 195 g/mol. The first-order valence-electron chi connectivity index (χ1n) is 4.78. The van der Waals surface area contributed by atoms with Crippen molar-refractivity contribution in [1.82, 2.24) is 9.78 Å². The summed E-state index contributed by atoms with van der Waals surface area (Å²) >= 11 is 0. The number of Topliss-reactive ketones (excluding diaryl/α,β-unsaturated/α-hetero) is 1. The van der Waals surface area contributed by atoms with Gasteiger partial charge in [-0.25, -0.2) is 0 Å². The van der Waals surface area contributed by atoms with E-state index in [0.29, 0.717) is 18.7 Å². The Labute approximate surface area is 84.1 Å². The average Bonchev–Trinajstić information content (AvgIpc) is 2.47. The van der Waals surface area contributed by atoms with E-state index in [-0.39, 0.29) is 5.78 Å². The fraction of sp³-hybridized carbons (Fsp3) is 0.600. The van der Waals surface area contributed by atoms with Gasteiger partial charge in [0.15, 0.2) is 5.78 Å². The zero-order valence-corrected chi connectivity index (χ0v) is 8.95. The van der Waals surface area contributed by atoms with Crippen molar-refractivity contribution in [3.05, 3.63) is 18.0 Å². The van der Waals surface area contributed by atoms with Crippen LogP contribution in [0.5, 0.6) is 0 Å². The Kier molecular flexibility index (Phi) is 3.06.